The second-order valence-electron chi connectivity index (χ2n) is 6.53. The van der Waals surface area contributed by atoms with Crippen LogP contribution in [0.25, 0.3) is 10.8 Å². The van der Waals surface area contributed by atoms with E-state index in [9.17, 15) is 14.4 Å². The largest absolute Gasteiger partial charge is 0.478 e. The van der Waals surface area contributed by atoms with Crippen LogP contribution in [0.15, 0.2) is 64.0 Å². The molecule has 1 N–H and O–H groups in total. The van der Waals surface area contributed by atoms with E-state index in [1.165, 1.54) is 10.8 Å². The van der Waals surface area contributed by atoms with Crippen molar-refractivity contribution >= 4 is 44.3 Å². The lowest BCUT2D eigenvalue weighted by atomic mass is 10.1. The maximum absolute atomic E-state index is 12.9. The van der Waals surface area contributed by atoms with Gasteiger partial charge in [-0.1, -0.05) is 22.0 Å². The average molecular weight is 473 g/mol. The molecule has 0 aliphatic rings. The first-order valence-corrected chi connectivity index (χ1v) is 10.2. The van der Waals surface area contributed by atoms with Crippen LogP contribution >= 0.6 is 15.9 Å². The summed E-state index contributed by atoms with van der Waals surface area (Å²) >= 11 is 3.34. The van der Waals surface area contributed by atoms with Crippen molar-refractivity contribution in [2.45, 2.75) is 26.5 Å². The minimum absolute atomic E-state index is 0.130. The van der Waals surface area contributed by atoms with Gasteiger partial charge in [-0.3, -0.25) is 9.59 Å². The number of carbonyl (C=O) groups is 2. The number of hydrogen-bond donors (Lipinski definition) is 1. The Morgan fingerprint density at radius 3 is 2.53 bits per heavy atom. The van der Waals surface area contributed by atoms with Gasteiger partial charge in [-0.25, -0.2) is 4.79 Å². The van der Waals surface area contributed by atoms with Gasteiger partial charge in [0.1, 0.15) is 12.3 Å². The minimum Gasteiger partial charge on any atom is -0.478 e. The van der Waals surface area contributed by atoms with Crippen LogP contribution in [0.5, 0.6) is 5.75 Å². The predicted octanol–water partition coefficient (Wildman–Crippen LogP) is 3.73. The molecule has 2 aromatic carbocycles. The Balaban J connectivity index is 1.80. The van der Waals surface area contributed by atoms with Crippen LogP contribution in [0, 0.1) is 0 Å². The van der Waals surface area contributed by atoms with Crippen molar-refractivity contribution in [1.82, 2.24) is 4.57 Å². The number of nitrogens with zero attached hydrogens (tertiary/aromatic N) is 1. The van der Waals surface area contributed by atoms with Gasteiger partial charge in [0.2, 0.25) is 5.91 Å². The molecule has 0 spiro atoms. The van der Waals surface area contributed by atoms with E-state index in [0.29, 0.717) is 22.2 Å². The SMILES string of the molecule is CCOC(=O)[C@@H](C)Oc1cccc2c(=O)n(CC(=O)Nc3ccc(Br)cc3)ccc12. The third-order valence-corrected chi connectivity index (χ3v) is 4.87. The highest BCUT2D eigenvalue weighted by Gasteiger charge is 2.18. The monoisotopic (exact) mass is 472 g/mol. The number of amides is 1. The summed E-state index contributed by atoms with van der Waals surface area (Å²) in [5.41, 5.74) is 0.313. The summed E-state index contributed by atoms with van der Waals surface area (Å²) in [7, 11) is 0. The third-order valence-electron chi connectivity index (χ3n) is 4.34. The number of hydrogen-bond acceptors (Lipinski definition) is 5. The van der Waals surface area contributed by atoms with Crippen molar-refractivity contribution in [3.63, 3.8) is 0 Å². The van der Waals surface area contributed by atoms with Gasteiger partial charge in [0.15, 0.2) is 6.10 Å². The highest BCUT2D eigenvalue weighted by atomic mass is 79.9. The zero-order valence-electron chi connectivity index (χ0n) is 16.6. The van der Waals surface area contributed by atoms with Crippen molar-refractivity contribution in [2.24, 2.45) is 0 Å². The molecule has 8 heteroatoms. The Hall–Kier alpha value is -3.13. The standard InChI is InChI=1S/C22H21BrN2O5/c1-3-29-22(28)14(2)30-19-6-4-5-18-17(19)11-12-25(21(18)27)13-20(26)24-16-9-7-15(23)8-10-16/h4-12,14H,3,13H2,1-2H3,(H,24,26)/t14-/m1/s1. The summed E-state index contributed by atoms with van der Waals surface area (Å²) in [5, 5.41) is 3.71. The van der Waals surface area contributed by atoms with Crippen LogP contribution in [0.2, 0.25) is 0 Å². The number of anilines is 1. The number of fused-ring (bicyclic) bond motifs is 1. The molecule has 0 radical (unpaired) electrons. The van der Waals surface area contributed by atoms with Crippen molar-refractivity contribution in [3.05, 3.63) is 69.6 Å². The van der Waals surface area contributed by atoms with Crippen molar-refractivity contribution in [1.29, 1.82) is 0 Å². The number of pyridine rings is 1. The van der Waals surface area contributed by atoms with E-state index < -0.39 is 12.1 Å². The molecule has 0 bridgehead atoms. The van der Waals surface area contributed by atoms with Gasteiger partial charge in [-0.15, -0.1) is 0 Å². The fourth-order valence-electron chi connectivity index (χ4n) is 2.90. The molecule has 156 valence electrons. The van der Waals surface area contributed by atoms with Gasteiger partial charge in [0, 0.05) is 21.7 Å². The van der Waals surface area contributed by atoms with E-state index in [0.717, 1.165) is 4.47 Å². The molecule has 0 aliphatic heterocycles. The number of nitrogens with one attached hydrogen (secondary N) is 1. The molecule has 30 heavy (non-hydrogen) atoms. The molecule has 0 saturated heterocycles. The number of carbonyl (C=O) groups excluding carboxylic acids is 2. The Labute approximate surface area is 181 Å². The summed E-state index contributed by atoms with van der Waals surface area (Å²) in [6.45, 7) is 3.44. The number of rotatable bonds is 7. The molecule has 1 atom stereocenters. The molecule has 1 heterocycles. The molecule has 0 unspecified atom stereocenters. The van der Waals surface area contributed by atoms with Crippen molar-refractivity contribution < 1.29 is 19.1 Å². The summed E-state index contributed by atoms with van der Waals surface area (Å²) in [6, 6.07) is 13.9. The van der Waals surface area contributed by atoms with Crippen LogP contribution in [-0.2, 0) is 20.9 Å². The topological polar surface area (TPSA) is 86.6 Å². The quantitative estimate of drug-likeness (QED) is 0.529. The van der Waals surface area contributed by atoms with Crippen LogP contribution in [0.4, 0.5) is 5.69 Å². The smallest absolute Gasteiger partial charge is 0.347 e. The summed E-state index contributed by atoms with van der Waals surface area (Å²) in [4.78, 5) is 37.0. The van der Waals surface area contributed by atoms with E-state index >= 15 is 0 Å². The number of ether oxygens (including phenoxy) is 2. The van der Waals surface area contributed by atoms with Crippen LogP contribution in [0.3, 0.4) is 0 Å². The van der Waals surface area contributed by atoms with Gasteiger partial charge in [-0.2, -0.15) is 0 Å². The highest BCUT2D eigenvalue weighted by molar-refractivity contribution is 9.10. The summed E-state index contributed by atoms with van der Waals surface area (Å²) in [5.74, 6) is -0.397. The fraction of sp³-hybridized carbons (Fsp3) is 0.227. The third kappa shape index (κ3) is 5.07. The molecule has 3 rings (SSSR count). The normalized spacial score (nSPS) is 11.7. The molecule has 0 saturated carbocycles. The van der Waals surface area contributed by atoms with E-state index in [4.69, 9.17) is 9.47 Å². The van der Waals surface area contributed by atoms with Crippen LogP contribution < -0.4 is 15.6 Å². The zero-order valence-corrected chi connectivity index (χ0v) is 18.1. The molecular weight excluding hydrogens is 452 g/mol. The molecule has 3 aromatic rings. The van der Waals surface area contributed by atoms with Crippen molar-refractivity contribution in [2.75, 3.05) is 11.9 Å². The van der Waals surface area contributed by atoms with E-state index in [-0.39, 0.29) is 24.6 Å². The second kappa shape index (κ2) is 9.58. The van der Waals surface area contributed by atoms with Gasteiger partial charge in [0.05, 0.1) is 12.0 Å². The number of halogens is 1. The predicted molar refractivity (Wildman–Crippen MR) is 118 cm³/mol. The molecule has 0 fully saturated rings. The number of esters is 1. The molecular formula is C22H21BrN2O5. The summed E-state index contributed by atoms with van der Waals surface area (Å²) < 4.78 is 12.9. The maximum Gasteiger partial charge on any atom is 0.347 e. The Morgan fingerprint density at radius 1 is 1.10 bits per heavy atom. The molecule has 0 aliphatic carbocycles. The van der Waals surface area contributed by atoms with Gasteiger partial charge < -0.3 is 19.4 Å². The van der Waals surface area contributed by atoms with Gasteiger partial charge in [-0.05, 0) is 56.3 Å². The number of benzene rings is 2. The lowest BCUT2D eigenvalue weighted by Gasteiger charge is -2.15. The van der Waals surface area contributed by atoms with E-state index in [2.05, 4.69) is 21.2 Å². The van der Waals surface area contributed by atoms with E-state index in [1.54, 1.807) is 50.2 Å². The first-order chi connectivity index (χ1) is 14.4. The molecule has 7 nitrogen and oxygen atoms in total. The molecule has 1 aromatic heterocycles. The lowest BCUT2D eigenvalue weighted by Crippen LogP contribution is -2.28. The summed E-state index contributed by atoms with van der Waals surface area (Å²) in [6.07, 6.45) is 0.725. The van der Waals surface area contributed by atoms with E-state index in [1.807, 2.05) is 12.1 Å². The second-order valence-corrected chi connectivity index (χ2v) is 7.45. The zero-order chi connectivity index (χ0) is 21.7. The Bertz CT molecular complexity index is 1120. The van der Waals surface area contributed by atoms with Gasteiger partial charge >= 0.3 is 5.97 Å². The fourth-order valence-corrected chi connectivity index (χ4v) is 3.17. The Morgan fingerprint density at radius 2 is 1.83 bits per heavy atom. The van der Waals surface area contributed by atoms with Crippen LogP contribution in [0.1, 0.15) is 13.8 Å². The maximum atomic E-state index is 12.9. The lowest BCUT2D eigenvalue weighted by molar-refractivity contribution is -0.150. The number of aromatic nitrogens is 1. The van der Waals surface area contributed by atoms with Crippen molar-refractivity contribution in [3.8, 4) is 5.75 Å². The van der Waals surface area contributed by atoms with Crippen LogP contribution in [-0.4, -0.2) is 29.2 Å². The first kappa shape index (κ1) is 21.6. The first-order valence-electron chi connectivity index (χ1n) is 9.40. The Kier molecular flexibility index (Phi) is 6.89. The minimum atomic E-state index is -0.810. The van der Waals surface area contributed by atoms with Gasteiger partial charge in [0.25, 0.3) is 5.56 Å². The molecule has 1 amide bonds. The average Bonchev–Trinajstić information content (AvgIpc) is 2.72. The highest BCUT2D eigenvalue weighted by Crippen LogP contribution is 2.24.